The SMILES string of the molecule is C=CCNC(=S)N1CCN(c2nc3sc4c(c3c(=O)n2CC)CCCC4)CC1. The smallest absolute Gasteiger partial charge is 0.263 e. The van der Waals surface area contributed by atoms with Crippen LogP contribution in [-0.4, -0.2) is 52.3 Å². The van der Waals surface area contributed by atoms with Crippen molar-refractivity contribution in [3.05, 3.63) is 33.4 Å². The summed E-state index contributed by atoms with van der Waals surface area (Å²) < 4.78 is 1.86. The average Bonchev–Trinajstić information content (AvgIpc) is 3.10. The molecule has 4 rings (SSSR count). The number of anilines is 1. The van der Waals surface area contributed by atoms with E-state index in [4.69, 9.17) is 17.2 Å². The molecule has 0 radical (unpaired) electrons. The topological polar surface area (TPSA) is 53.4 Å². The van der Waals surface area contributed by atoms with Gasteiger partial charge >= 0.3 is 0 Å². The number of rotatable bonds is 4. The molecule has 0 unspecified atom stereocenters. The van der Waals surface area contributed by atoms with Crippen molar-refractivity contribution in [3.63, 3.8) is 0 Å². The second-order valence-electron chi connectivity index (χ2n) is 7.30. The molecule has 0 atom stereocenters. The summed E-state index contributed by atoms with van der Waals surface area (Å²) in [6.07, 6.45) is 6.31. The number of thiophene rings is 1. The molecule has 2 aliphatic rings. The van der Waals surface area contributed by atoms with Gasteiger partial charge in [-0.05, 0) is 50.4 Å². The second-order valence-corrected chi connectivity index (χ2v) is 8.77. The third-order valence-electron chi connectivity index (χ3n) is 5.62. The van der Waals surface area contributed by atoms with Gasteiger partial charge in [0, 0.05) is 44.1 Å². The first-order valence-corrected chi connectivity index (χ1v) is 11.3. The van der Waals surface area contributed by atoms with Crippen LogP contribution in [0.4, 0.5) is 5.95 Å². The number of fused-ring (bicyclic) bond motifs is 3. The number of thiocarbonyl (C=S) groups is 1. The minimum atomic E-state index is 0.132. The van der Waals surface area contributed by atoms with Crippen LogP contribution in [0.15, 0.2) is 17.4 Å². The van der Waals surface area contributed by atoms with Crippen molar-refractivity contribution in [2.45, 2.75) is 39.2 Å². The largest absolute Gasteiger partial charge is 0.359 e. The molecule has 0 spiro atoms. The standard InChI is InChI=1S/C20H27N5OS2/c1-3-9-21-20(27)24-12-10-23(11-13-24)19-22-17-16(18(26)25(19)4-2)14-7-5-6-8-15(14)28-17/h3H,1,4-13H2,2H3,(H,21,27). The van der Waals surface area contributed by atoms with Crippen LogP contribution in [0.1, 0.15) is 30.2 Å². The maximum absolute atomic E-state index is 13.3. The average molecular weight is 418 g/mol. The summed E-state index contributed by atoms with van der Waals surface area (Å²) >= 11 is 7.18. The Bertz CT molecular complexity index is 956. The molecule has 1 N–H and O–H groups in total. The zero-order chi connectivity index (χ0) is 19.7. The molecular formula is C20H27N5OS2. The zero-order valence-corrected chi connectivity index (χ0v) is 18.0. The Morgan fingerprint density at radius 1 is 1.29 bits per heavy atom. The molecule has 1 saturated heterocycles. The summed E-state index contributed by atoms with van der Waals surface area (Å²) in [7, 11) is 0. The van der Waals surface area contributed by atoms with Crippen LogP contribution in [0.2, 0.25) is 0 Å². The van der Waals surface area contributed by atoms with E-state index in [2.05, 4.69) is 21.7 Å². The third kappa shape index (κ3) is 3.43. The third-order valence-corrected chi connectivity index (χ3v) is 7.21. The highest BCUT2D eigenvalue weighted by Gasteiger charge is 2.26. The Labute approximate surface area is 174 Å². The van der Waals surface area contributed by atoms with Crippen LogP contribution in [-0.2, 0) is 19.4 Å². The summed E-state index contributed by atoms with van der Waals surface area (Å²) in [6, 6.07) is 0. The second kappa shape index (κ2) is 8.21. The van der Waals surface area contributed by atoms with Crippen molar-refractivity contribution in [1.82, 2.24) is 19.8 Å². The van der Waals surface area contributed by atoms with E-state index in [0.29, 0.717) is 13.1 Å². The fraction of sp³-hybridized carbons (Fsp3) is 0.550. The molecule has 3 heterocycles. The van der Waals surface area contributed by atoms with Crippen molar-refractivity contribution in [2.75, 3.05) is 37.6 Å². The highest BCUT2D eigenvalue weighted by molar-refractivity contribution is 7.80. The quantitative estimate of drug-likeness (QED) is 0.610. The highest BCUT2D eigenvalue weighted by atomic mass is 32.1. The first-order valence-electron chi connectivity index (χ1n) is 10.1. The van der Waals surface area contributed by atoms with Crippen molar-refractivity contribution < 1.29 is 0 Å². The zero-order valence-electron chi connectivity index (χ0n) is 16.4. The Kier molecular flexibility index (Phi) is 5.68. The summed E-state index contributed by atoms with van der Waals surface area (Å²) in [4.78, 5) is 25.0. The predicted molar refractivity (Wildman–Crippen MR) is 121 cm³/mol. The van der Waals surface area contributed by atoms with Crippen molar-refractivity contribution in [2.24, 2.45) is 0 Å². The van der Waals surface area contributed by atoms with Crippen molar-refractivity contribution in [1.29, 1.82) is 0 Å². The van der Waals surface area contributed by atoms with Gasteiger partial charge in [-0.3, -0.25) is 9.36 Å². The maximum atomic E-state index is 13.3. The number of aryl methyl sites for hydroxylation is 2. The summed E-state index contributed by atoms with van der Waals surface area (Å²) in [5.41, 5.74) is 1.40. The van der Waals surface area contributed by atoms with Gasteiger partial charge in [0.05, 0.1) is 5.39 Å². The van der Waals surface area contributed by atoms with Crippen LogP contribution < -0.4 is 15.8 Å². The van der Waals surface area contributed by atoms with Gasteiger partial charge in [-0.2, -0.15) is 0 Å². The van der Waals surface area contributed by atoms with Crippen LogP contribution >= 0.6 is 23.6 Å². The van der Waals surface area contributed by atoms with E-state index in [1.54, 1.807) is 11.3 Å². The number of hydrogen-bond donors (Lipinski definition) is 1. The molecule has 8 heteroatoms. The van der Waals surface area contributed by atoms with Gasteiger partial charge in [-0.15, -0.1) is 17.9 Å². The number of hydrogen-bond acceptors (Lipinski definition) is 5. The van der Waals surface area contributed by atoms with Gasteiger partial charge in [-0.25, -0.2) is 4.98 Å². The van der Waals surface area contributed by atoms with E-state index in [0.717, 1.165) is 60.3 Å². The molecule has 0 saturated carbocycles. The Hall–Kier alpha value is -1.93. The number of nitrogens with one attached hydrogen (secondary N) is 1. The Morgan fingerprint density at radius 2 is 2.04 bits per heavy atom. The van der Waals surface area contributed by atoms with E-state index in [-0.39, 0.29) is 5.56 Å². The first-order chi connectivity index (χ1) is 13.6. The van der Waals surface area contributed by atoms with Crippen LogP contribution in [0.3, 0.4) is 0 Å². The summed E-state index contributed by atoms with van der Waals surface area (Å²) in [6.45, 7) is 10.3. The minimum Gasteiger partial charge on any atom is -0.359 e. The molecule has 1 aliphatic carbocycles. The summed E-state index contributed by atoms with van der Waals surface area (Å²) in [5, 5.41) is 4.83. The van der Waals surface area contributed by atoms with Crippen molar-refractivity contribution >= 4 is 44.8 Å². The Balaban J connectivity index is 1.62. The van der Waals surface area contributed by atoms with Gasteiger partial charge < -0.3 is 15.1 Å². The van der Waals surface area contributed by atoms with Gasteiger partial charge in [0.15, 0.2) is 5.11 Å². The molecule has 1 aliphatic heterocycles. The fourth-order valence-corrected chi connectivity index (χ4v) is 5.65. The van der Waals surface area contributed by atoms with E-state index < -0.39 is 0 Å². The van der Waals surface area contributed by atoms with Gasteiger partial charge in [0.25, 0.3) is 5.56 Å². The molecule has 6 nitrogen and oxygen atoms in total. The van der Waals surface area contributed by atoms with Crippen LogP contribution in [0.5, 0.6) is 0 Å². The summed E-state index contributed by atoms with van der Waals surface area (Å²) in [5.74, 6) is 0.809. The number of nitrogens with zero attached hydrogens (tertiary/aromatic N) is 4. The van der Waals surface area contributed by atoms with E-state index >= 15 is 0 Å². The molecule has 1 fully saturated rings. The van der Waals surface area contributed by atoms with E-state index in [1.165, 1.54) is 23.3 Å². The van der Waals surface area contributed by atoms with E-state index in [1.807, 2.05) is 17.6 Å². The lowest BCUT2D eigenvalue weighted by molar-refractivity contribution is 0.376. The van der Waals surface area contributed by atoms with Crippen molar-refractivity contribution in [3.8, 4) is 0 Å². The molecule has 2 aromatic heterocycles. The van der Waals surface area contributed by atoms with Crippen LogP contribution in [0.25, 0.3) is 10.2 Å². The molecule has 0 aromatic carbocycles. The predicted octanol–water partition coefficient (Wildman–Crippen LogP) is 2.54. The van der Waals surface area contributed by atoms with E-state index in [9.17, 15) is 4.79 Å². The maximum Gasteiger partial charge on any atom is 0.263 e. The number of piperazine rings is 1. The van der Waals surface area contributed by atoms with Gasteiger partial charge in [0.2, 0.25) is 5.95 Å². The normalized spacial score (nSPS) is 16.9. The molecular weight excluding hydrogens is 390 g/mol. The first kappa shape index (κ1) is 19.4. The molecule has 0 bridgehead atoms. The monoisotopic (exact) mass is 417 g/mol. The van der Waals surface area contributed by atoms with Crippen LogP contribution in [0, 0.1) is 0 Å². The highest BCUT2D eigenvalue weighted by Crippen LogP contribution is 2.34. The minimum absolute atomic E-state index is 0.132. The lowest BCUT2D eigenvalue weighted by atomic mass is 9.97. The van der Waals surface area contributed by atoms with Gasteiger partial charge in [0.1, 0.15) is 4.83 Å². The Morgan fingerprint density at radius 3 is 2.75 bits per heavy atom. The molecule has 0 amide bonds. The lowest BCUT2D eigenvalue weighted by Gasteiger charge is -2.37. The van der Waals surface area contributed by atoms with Gasteiger partial charge in [-0.1, -0.05) is 6.08 Å². The number of aromatic nitrogens is 2. The molecule has 150 valence electrons. The molecule has 2 aromatic rings. The fourth-order valence-electron chi connectivity index (χ4n) is 4.14. The molecule has 28 heavy (non-hydrogen) atoms. The lowest BCUT2D eigenvalue weighted by Crippen LogP contribution is -2.52.